The van der Waals surface area contributed by atoms with Crippen LogP contribution < -0.4 is 9.57 Å². The lowest BCUT2D eigenvalue weighted by atomic mass is 10.1. The van der Waals surface area contributed by atoms with Crippen LogP contribution in [0.4, 0.5) is 0 Å². The maximum atomic E-state index is 6.21. The normalized spacial score (nSPS) is 10.5. The molecule has 18 heavy (non-hydrogen) atoms. The van der Waals surface area contributed by atoms with Gasteiger partial charge in [-0.05, 0) is 11.5 Å². The Morgan fingerprint density at radius 3 is 2.44 bits per heavy atom. The van der Waals surface area contributed by atoms with E-state index in [1.165, 1.54) is 0 Å². The Morgan fingerprint density at radius 1 is 0.833 bits per heavy atom. The molecule has 2 nitrogen and oxygen atoms in total. The number of halogens is 1. The van der Waals surface area contributed by atoms with Crippen LogP contribution in [0.15, 0.2) is 67.0 Å². The molecule has 2 aromatic carbocycles. The molecule has 0 bridgehead atoms. The summed E-state index contributed by atoms with van der Waals surface area (Å²) in [5.41, 5.74) is 0. The minimum atomic E-state index is 0.602. The van der Waals surface area contributed by atoms with Crippen LogP contribution in [0, 0.1) is 0 Å². The van der Waals surface area contributed by atoms with E-state index < -0.39 is 0 Å². The van der Waals surface area contributed by atoms with Gasteiger partial charge in [-0.3, -0.25) is 0 Å². The van der Waals surface area contributed by atoms with Crippen molar-refractivity contribution in [2.24, 2.45) is 0 Å². The number of fused-ring (bicyclic) bond motifs is 1. The van der Waals surface area contributed by atoms with Gasteiger partial charge in [0.25, 0.3) is 0 Å². The minimum absolute atomic E-state index is 0.602. The summed E-state index contributed by atoms with van der Waals surface area (Å²) in [6, 6.07) is 17.6. The molecule has 0 atom stereocenters. The van der Waals surface area contributed by atoms with Gasteiger partial charge in [-0.1, -0.05) is 48.0 Å². The Kier molecular flexibility index (Phi) is 2.87. The lowest BCUT2D eigenvalue weighted by Crippen LogP contribution is -2.38. The van der Waals surface area contributed by atoms with Crippen molar-refractivity contribution in [3.05, 3.63) is 72.0 Å². The average molecular weight is 257 g/mol. The number of rotatable bonds is 2. The van der Waals surface area contributed by atoms with Gasteiger partial charge in [0.1, 0.15) is 0 Å². The number of aromatic nitrogens is 1. The van der Waals surface area contributed by atoms with Gasteiger partial charge in [0.15, 0.2) is 0 Å². The second-order valence-corrected chi connectivity index (χ2v) is 4.33. The Bertz CT molecular complexity index is 682. The van der Waals surface area contributed by atoms with Crippen LogP contribution >= 0.6 is 11.6 Å². The fourth-order valence-corrected chi connectivity index (χ4v) is 2.06. The second kappa shape index (κ2) is 4.67. The summed E-state index contributed by atoms with van der Waals surface area (Å²) in [7, 11) is 0. The zero-order chi connectivity index (χ0) is 12.4. The molecule has 3 aromatic rings. The van der Waals surface area contributed by atoms with Crippen molar-refractivity contribution in [2.45, 2.75) is 0 Å². The molecule has 1 aromatic heterocycles. The van der Waals surface area contributed by atoms with Crippen LogP contribution in [0.5, 0.6) is 5.75 Å². The molecule has 3 heteroatoms. The highest BCUT2D eigenvalue weighted by Gasteiger charge is 2.12. The molecule has 0 aliphatic carbocycles. The highest BCUT2D eigenvalue weighted by Crippen LogP contribution is 2.32. The summed E-state index contributed by atoms with van der Waals surface area (Å²) in [6.07, 6.45) is 3.66. The average Bonchev–Trinajstić information content (AvgIpc) is 2.43. The Morgan fingerprint density at radius 2 is 1.61 bits per heavy atom. The summed E-state index contributed by atoms with van der Waals surface area (Å²) in [5, 5.41) is 2.71. The maximum absolute atomic E-state index is 6.21. The molecule has 0 unspecified atom stereocenters. The molecule has 0 aliphatic heterocycles. The van der Waals surface area contributed by atoms with Gasteiger partial charge in [0.05, 0.1) is 5.02 Å². The molecule has 0 saturated heterocycles. The molecule has 0 spiro atoms. The van der Waals surface area contributed by atoms with Gasteiger partial charge in [-0.2, -0.15) is 0 Å². The zero-order valence-electron chi connectivity index (χ0n) is 9.58. The molecular formula is C15H11ClNO+. The fraction of sp³-hybridized carbons (Fsp3) is 0. The SMILES string of the molecule is Clc1ccc2ccccc2c1O[n+]1ccccc1. The fourth-order valence-electron chi connectivity index (χ4n) is 1.86. The van der Waals surface area contributed by atoms with Gasteiger partial charge < -0.3 is 0 Å². The summed E-state index contributed by atoms with van der Waals surface area (Å²) < 4.78 is 1.63. The third kappa shape index (κ3) is 2.03. The number of benzene rings is 2. The molecule has 0 N–H and O–H groups in total. The van der Waals surface area contributed by atoms with Crippen molar-refractivity contribution in [2.75, 3.05) is 0 Å². The van der Waals surface area contributed by atoms with E-state index in [-0.39, 0.29) is 0 Å². The highest BCUT2D eigenvalue weighted by molar-refractivity contribution is 6.33. The molecular weight excluding hydrogens is 246 g/mol. The predicted octanol–water partition coefficient (Wildman–Crippen LogP) is 3.62. The van der Waals surface area contributed by atoms with E-state index in [9.17, 15) is 0 Å². The topological polar surface area (TPSA) is 13.1 Å². The van der Waals surface area contributed by atoms with E-state index in [0.717, 1.165) is 10.8 Å². The number of pyridine rings is 1. The first-order valence-corrected chi connectivity index (χ1v) is 6.04. The van der Waals surface area contributed by atoms with Crippen LogP contribution in [0.3, 0.4) is 0 Å². The van der Waals surface area contributed by atoms with Crippen molar-refractivity contribution < 1.29 is 9.57 Å². The smallest absolute Gasteiger partial charge is 0.229 e. The Hall–Kier alpha value is -2.06. The quantitative estimate of drug-likeness (QED) is 0.638. The van der Waals surface area contributed by atoms with E-state index in [1.807, 2.05) is 67.0 Å². The van der Waals surface area contributed by atoms with E-state index >= 15 is 0 Å². The molecule has 88 valence electrons. The maximum Gasteiger partial charge on any atom is 0.230 e. The zero-order valence-corrected chi connectivity index (χ0v) is 10.3. The van der Waals surface area contributed by atoms with Crippen LogP contribution in [-0.4, -0.2) is 0 Å². The Labute approximate surface area is 110 Å². The lowest BCUT2D eigenvalue weighted by molar-refractivity contribution is -0.874. The third-order valence-corrected chi connectivity index (χ3v) is 3.01. The highest BCUT2D eigenvalue weighted by atomic mass is 35.5. The van der Waals surface area contributed by atoms with E-state index in [4.69, 9.17) is 16.4 Å². The molecule has 1 heterocycles. The van der Waals surface area contributed by atoms with E-state index in [2.05, 4.69) is 0 Å². The third-order valence-electron chi connectivity index (χ3n) is 2.72. The van der Waals surface area contributed by atoms with Gasteiger partial charge in [0, 0.05) is 22.2 Å². The van der Waals surface area contributed by atoms with Gasteiger partial charge >= 0.3 is 0 Å². The number of hydrogen-bond donors (Lipinski definition) is 0. The van der Waals surface area contributed by atoms with Crippen LogP contribution in [0.2, 0.25) is 5.02 Å². The molecule has 0 amide bonds. The molecule has 0 radical (unpaired) electrons. The first kappa shape index (κ1) is 11.1. The summed E-state index contributed by atoms with van der Waals surface area (Å²) in [5.74, 6) is 0.672. The standard InChI is InChI=1S/C15H11ClNO/c16-14-9-8-12-6-2-3-7-13(12)15(14)18-17-10-4-1-5-11-17/h1-11H/q+1. The van der Waals surface area contributed by atoms with Crippen LogP contribution in [0.1, 0.15) is 0 Å². The predicted molar refractivity (Wildman–Crippen MR) is 71.6 cm³/mol. The summed E-state index contributed by atoms with van der Waals surface area (Å²) in [4.78, 5) is 5.81. The summed E-state index contributed by atoms with van der Waals surface area (Å²) >= 11 is 6.21. The lowest BCUT2D eigenvalue weighted by Gasteiger charge is -2.05. The monoisotopic (exact) mass is 256 g/mol. The van der Waals surface area contributed by atoms with Crippen molar-refractivity contribution in [3.8, 4) is 5.75 Å². The van der Waals surface area contributed by atoms with Crippen molar-refractivity contribution >= 4 is 22.4 Å². The van der Waals surface area contributed by atoms with Crippen LogP contribution in [-0.2, 0) is 0 Å². The Balaban J connectivity index is 2.13. The van der Waals surface area contributed by atoms with Crippen molar-refractivity contribution in [3.63, 3.8) is 0 Å². The molecule has 3 rings (SSSR count). The largest absolute Gasteiger partial charge is 0.230 e. The molecule has 0 saturated carbocycles. The second-order valence-electron chi connectivity index (χ2n) is 3.92. The van der Waals surface area contributed by atoms with Gasteiger partial charge in [-0.25, -0.2) is 4.84 Å². The van der Waals surface area contributed by atoms with E-state index in [1.54, 1.807) is 4.73 Å². The van der Waals surface area contributed by atoms with Crippen LogP contribution in [0.25, 0.3) is 10.8 Å². The van der Waals surface area contributed by atoms with Crippen molar-refractivity contribution in [1.29, 1.82) is 0 Å². The van der Waals surface area contributed by atoms with Gasteiger partial charge in [-0.15, -0.1) is 0 Å². The minimum Gasteiger partial charge on any atom is -0.229 e. The number of nitrogens with zero attached hydrogens (tertiary/aromatic N) is 1. The molecule has 0 fully saturated rings. The van der Waals surface area contributed by atoms with Crippen molar-refractivity contribution in [1.82, 2.24) is 0 Å². The molecule has 0 aliphatic rings. The van der Waals surface area contributed by atoms with Gasteiger partial charge in [0.2, 0.25) is 18.1 Å². The first-order chi connectivity index (χ1) is 8.84. The summed E-state index contributed by atoms with van der Waals surface area (Å²) in [6.45, 7) is 0. The van der Waals surface area contributed by atoms with E-state index in [0.29, 0.717) is 10.8 Å². The first-order valence-electron chi connectivity index (χ1n) is 5.66. The number of hydrogen-bond acceptors (Lipinski definition) is 1.